The van der Waals surface area contributed by atoms with Gasteiger partial charge in [-0.1, -0.05) is 51.1 Å². The average molecular weight is 339 g/mol. The van der Waals surface area contributed by atoms with Crippen molar-refractivity contribution in [1.29, 1.82) is 0 Å². The van der Waals surface area contributed by atoms with E-state index in [4.69, 9.17) is 9.16 Å². The summed E-state index contributed by atoms with van der Waals surface area (Å²) in [5.74, 6) is -0.573. The SMILES string of the molecule is COC(=O)C(C)(O[Si](C)(C)C(C)(C)C)C(C)(O)c1ccccc1. The van der Waals surface area contributed by atoms with Crippen molar-refractivity contribution in [3.8, 4) is 0 Å². The molecule has 0 heterocycles. The average Bonchev–Trinajstić information content (AvgIpc) is 2.45. The molecule has 0 fully saturated rings. The second-order valence-electron chi connectivity index (χ2n) is 7.83. The predicted molar refractivity (Wildman–Crippen MR) is 94.7 cm³/mol. The first-order valence-corrected chi connectivity index (χ1v) is 10.8. The number of rotatable bonds is 5. The molecule has 1 aromatic carbocycles. The fraction of sp³-hybridized carbons (Fsp3) is 0.611. The lowest BCUT2D eigenvalue weighted by Crippen LogP contribution is -2.61. The van der Waals surface area contributed by atoms with Crippen LogP contribution >= 0.6 is 0 Å². The number of aliphatic hydroxyl groups is 1. The van der Waals surface area contributed by atoms with Crippen LogP contribution < -0.4 is 0 Å². The van der Waals surface area contributed by atoms with E-state index in [0.29, 0.717) is 5.56 Å². The molecule has 4 nitrogen and oxygen atoms in total. The van der Waals surface area contributed by atoms with E-state index in [1.54, 1.807) is 26.0 Å². The zero-order chi connectivity index (χ0) is 18.1. The largest absolute Gasteiger partial charge is 0.467 e. The highest BCUT2D eigenvalue weighted by atomic mass is 28.4. The summed E-state index contributed by atoms with van der Waals surface area (Å²) < 4.78 is 11.4. The molecule has 0 amide bonds. The van der Waals surface area contributed by atoms with Gasteiger partial charge in [0.2, 0.25) is 0 Å². The molecule has 130 valence electrons. The van der Waals surface area contributed by atoms with E-state index in [1.165, 1.54) is 7.11 Å². The molecule has 2 atom stereocenters. The molecule has 1 N–H and O–H groups in total. The Labute approximate surface area is 140 Å². The highest BCUT2D eigenvalue weighted by Crippen LogP contribution is 2.44. The van der Waals surface area contributed by atoms with Crippen molar-refractivity contribution in [3.05, 3.63) is 35.9 Å². The molecule has 23 heavy (non-hydrogen) atoms. The van der Waals surface area contributed by atoms with Crippen LogP contribution in [0.5, 0.6) is 0 Å². The summed E-state index contributed by atoms with van der Waals surface area (Å²) in [5, 5.41) is 11.1. The summed E-state index contributed by atoms with van der Waals surface area (Å²) >= 11 is 0. The Bertz CT molecular complexity index is 546. The molecule has 0 aliphatic carbocycles. The van der Waals surface area contributed by atoms with Crippen molar-refractivity contribution in [2.45, 2.75) is 64.0 Å². The summed E-state index contributed by atoms with van der Waals surface area (Å²) in [6.07, 6.45) is 0. The topological polar surface area (TPSA) is 55.8 Å². The summed E-state index contributed by atoms with van der Waals surface area (Å²) in [5.41, 5.74) is -2.39. The first-order chi connectivity index (χ1) is 10.3. The van der Waals surface area contributed by atoms with Gasteiger partial charge in [-0.15, -0.1) is 0 Å². The minimum absolute atomic E-state index is 0.102. The van der Waals surface area contributed by atoms with E-state index < -0.39 is 25.5 Å². The molecule has 0 spiro atoms. The van der Waals surface area contributed by atoms with Crippen LogP contribution in [0.2, 0.25) is 18.1 Å². The minimum Gasteiger partial charge on any atom is -0.467 e. The van der Waals surface area contributed by atoms with Crippen molar-refractivity contribution in [3.63, 3.8) is 0 Å². The molecule has 1 rings (SSSR count). The first kappa shape index (κ1) is 19.9. The Balaban J connectivity index is 3.42. The Morgan fingerprint density at radius 2 is 1.52 bits per heavy atom. The lowest BCUT2D eigenvalue weighted by Gasteiger charge is -2.48. The van der Waals surface area contributed by atoms with Gasteiger partial charge in [0, 0.05) is 0 Å². The van der Waals surface area contributed by atoms with Gasteiger partial charge in [0.05, 0.1) is 7.11 Å². The third-order valence-electron chi connectivity index (χ3n) is 5.11. The van der Waals surface area contributed by atoms with Crippen molar-refractivity contribution < 1.29 is 19.1 Å². The monoisotopic (exact) mass is 338 g/mol. The van der Waals surface area contributed by atoms with Crippen LogP contribution in [0, 0.1) is 0 Å². The summed E-state index contributed by atoms with van der Waals surface area (Å²) in [4.78, 5) is 12.6. The molecule has 0 saturated heterocycles. The second-order valence-corrected chi connectivity index (χ2v) is 12.6. The fourth-order valence-electron chi connectivity index (χ4n) is 2.24. The van der Waals surface area contributed by atoms with Gasteiger partial charge >= 0.3 is 5.97 Å². The molecule has 0 radical (unpaired) electrons. The Morgan fingerprint density at radius 1 is 1.04 bits per heavy atom. The highest BCUT2D eigenvalue weighted by Gasteiger charge is 2.57. The number of hydrogen-bond donors (Lipinski definition) is 1. The van der Waals surface area contributed by atoms with Crippen LogP contribution in [0.15, 0.2) is 30.3 Å². The first-order valence-electron chi connectivity index (χ1n) is 7.86. The van der Waals surface area contributed by atoms with E-state index in [0.717, 1.165) is 0 Å². The smallest absolute Gasteiger partial charge is 0.340 e. The van der Waals surface area contributed by atoms with Gasteiger partial charge in [-0.25, -0.2) is 4.79 Å². The number of methoxy groups -OCH3 is 1. The zero-order valence-corrected chi connectivity index (χ0v) is 16.6. The maximum atomic E-state index is 12.6. The van der Waals surface area contributed by atoms with Crippen molar-refractivity contribution in [1.82, 2.24) is 0 Å². The number of esters is 1. The molecule has 0 saturated carbocycles. The van der Waals surface area contributed by atoms with Crippen LogP contribution in [0.4, 0.5) is 0 Å². The van der Waals surface area contributed by atoms with Gasteiger partial charge in [-0.3, -0.25) is 0 Å². The lowest BCUT2D eigenvalue weighted by atomic mass is 9.80. The number of hydrogen-bond acceptors (Lipinski definition) is 4. The molecule has 0 aliphatic heterocycles. The molecule has 2 unspecified atom stereocenters. The van der Waals surface area contributed by atoms with Gasteiger partial charge in [-0.2, -0.15) is 0 Å². The van der Waals surface area contributed by atoms with Gasteiger partial charge in [0.25, 0.3) is 0 Å². The van der Waals surface area contributed by atoms with E-state index in [-0.39, 0.29) is 5.04 Å². The summed E-state index contributed by atoms with van der Waals surface area (Å²) in [7, 11) is -1.01. The molecule has 0 aliphatic rings. The molecule has 0 bridgehead atoms. The number of carbonyl (C=O) groups is 1. The Morgan fingerprint density at radius 3 is 1.91 bits per heavy atom. The van der Waals surface area contributed by atoms with Gasteiger partial charge in [-0.05, 0) is 37.5 Å². The van der Waals surface area contributed by atoms with E-state index in [9.17, 15) is 9.90 Å². The molecule has 0 aromatic heterocycles. The number of benzene rings is 1. The summed E-state index contributed by atoms with van der Waals surface area (Å²) in [6, 6.07) is 9.10. The van der Waals surface area contributed by atoms with Gasteiger partial charge < -0.3 is 14.3 Å². The second kappa shape index (κ2) is 6.38. The Hall–Kier alpha value is -1.17. The predicted octanol–water partition coefficient (Wildman–Crippen LogP) is 3.85. The third-order valence-corrected chi connectivity index (χ3v) is 9.64. The normalized spacial score (nSPS) is 18.0. The number of carbonyl (C=O) groups excluding carboxylic acids is 1. The van der Waals surface area contributed by atoms with Gasteiger partial charge in [0.1, 0.15) is 5.60 Å². The quantitative estimate of drug-likeness (QED) is 0.654. The standard InChI is InChI=1S/C18H30O4Si/c1-16(2,3)23(7,8)22-18(5,15(19)21-6)17(4,20)14-12-10-9-11-13-14/h9-13,20H,1-8H3. The molecule has 5 heteroatoms. The van der Waals surface area contributed by atoms with E-state index in [1.807, 2.05) is 18.2 Å². The van der Waals surface area contributed by atoms with Crippen LogP contribution in [-0.2, 0) is 19.6 Å². The van der Waals surface area contributed by atoms with Crippen molar-refractivity contribution >= 4 is 14.3 Å². The van der Waals surface area contributed by atoms with Crippen LogP contribution in [0.25, 0.3) is 0 Å². The zero-order valence-electron chi connectivity index (χ0n) is 15.6. The van der Waals surface area contributed by atoms with Crippen LogP contribution in [-0.4, -0.2) is 32.1 Å². The molecule has 1 aromatic rings. The Kier molecular flexibility index (Phi) is 5.51. The lowest BCUT2D eigenvalue weighted by molar-refractivity contribution is -0.186. The fourth-order valence-corrected chi connectivity index (χ4v) is 3.84. The third kappa shape index (κ3) is 3.67. The summed E-state index contributed by atoms with van der Waals surface area (Å²) in [6.45, 7) is 13.6. The van der Waals surface area contributed by atoms with E-state index in [2.05, 4.69) is 33.9 Å². The van der Waals surface area contributed by atoms with Crippen molar-refractivity contribution in [2.75, 3.05) is 7.11 Å². The maximum absolute atomic E-state index is 12.6. The van der Waals surface area contributed by atoms with Gasteiger partial charge in [0.15, 0.2) is 13.9 Å². The van der Waals surface area contributed by atoms with E-state index >= 15 is 0 Å². The molecular weight excluding hydrogens is 308 g/mol. The minimum atomic E-state index is -2.32. The van der Waals surface area contributed by atoms with Crippen LogP contribution in [0.3, 0.4) is 0 Å². The number of ether oxygens (including phenoxy) is 1. The molecular formula is C18H30O4Si. The maximum Gasteiger partial charge on any atom is 0.340 e. The highest BCUT2D eigenvalue weighted by molar-refractivity contribution is 6.74. The van der Waals surface area contributed by atoms with Crippen molar-refractivity contribution in [2.24, 2.45) is 0 Å². The van der Waals surface area contributed by atoms with Crippen LogP contribution in [0.1, 0.15) is 40.2 Å².